The van der Waals surface area contributed by atoms with Gasteiger partial charge in [-0.25, -0.2) is 4.39 Å². The highest BCUT2D eigenvalue weighted by Crippen LogP contribution is 2.32. The Morgan fingerprint density at radius 2 is 1.93 bits per heavy atom. The summed E-state index contributed by atoms with van der Waals surface area (Å²) < 4.78 is 19.9. The van der Waals surface area contributed by atoms with Gasteiger partial charge in [-0.3, -0.25) is 0 Å². The number of piperazine rings is 1. The summed E-state index contributed by atoms with van der Waals surface area (Å²) in [6.45, 7) is 7.04. The smallest absolute Gasteiger partial charge is 0.318 e. The first-order chi connectivity index (χ1) is 13.2. The zero-order valence-corrected chi connectivity index (χ0v) is 16.0. The molecule has 1 N–H and O–H groups in total. The van der Waals surface area contributed by atoms with E-state index in [2.05, 4.69) is 25.1 Å². The summed E-state index contributed by atoms with van der Waals surface area (Å²) in [5.74, 6) is 0.798. The molecule has 2 aliphatic rings. The highest BCUT2D eigenvalue weighted by Gasteiger charge is 2.26. The largest absolute Gasteiger partial charge is 0.467 e. The predicted molar refractivity (Wildman–Crippen MR) is 104 cm³/mol. The second-order valence-electron chi connectivity index (χ2n) is 7.13. The van der Waals surface area contributed by atoms with Gasteiger partial charge >= 0.3 is 6.01 Å². The summed E-state index contributed by atoms with van der Waals surface area (Å²) in [4.78, 5) is 13.7. The minimum Gasteiger partial charge on any atom is -0.467 e. The van der Waals surface area contributed by atoms with Crippen molar-refractivity contribution in [2.24, 2.45) is 0 Å². The number of hydrogen-bond donors (Lipinski definition) is 1. The average molecular weight is 371 g/mol. The van der Waals surface area contributed by atoms with E-state index in [0.717, 1.165) is 62.6 Å². The molecule has 1 saturated heterocycles. The summed E-state index contributed by atoms with van der Waals surface area (Å²) >= 11 is 0. The van der Waals surface area contributed by atoms with Crippen molar-refractivity contribution in [3.63, 3.8) is 0 Å². The van der Waals surface area contributed by atoms with Gasteiger partial charge in [0.2, 0.25) is 0 Å². The second kappa shape index (κ2) is 7.68. The van der Waals surface area contributed by atoms with E-state index in [0.29, 0.717) is 18.2 Å². The normalized spacial score (nSPS) is 17.4. The minimum absolute atomic E-state index is 0.179. The molecule has 0 bridgehead atoms. The average Bonchev–Trinajstić information content (AvgIpc) is 2.90. The van der Waals surface area contributed by atoms with Crippen molar-refractivity contribution in [3.8, 4) is 6.01 Å². The van der Waals surface area contributed by atoms with Crippen LogP contribution in [0.15, 0.2) is 18.2 Å². The molecule has 0 radical (unpaired) electrons. The molecule has 2 aliphatic heterocycles. The van der Waals surface area contributed by atoms with Crippen LogP contribution in [-0.4, -0.2) is 49.8 Å². The van der Waals surface area contributed by atoms with Crippen molar-refractivity contribution >= 4 is 11.5 Å². The van der Waals surface area contributed by atoms with Gasteiger partial charge in [0.1, 0.15) is 11.6 Å². The minimum atomic E-state index is -0.179. The third-order valence-electron chi connectivity index (χ3n) is 5.35. The predicted octanol–water partition coefficient (Wildman–Crippen LogP) is 2.30. The molecule has 4 rings (SSSR count). The highest BCUT2D eigenvalue weighted by molar-refractivity contribution is 5.57. The van der Waals surface area contributed by atoms with Crippen LogP contribution in [-0.2, 0) is 13.0 Å². The number of rotatable bonds is 3. The maximum Gasteiger partial charge on any atom is 0.318 e. The van der Waals surface area contributed by atoms with Gasteiger partial charge in [-0.05, 0) is 31.4 Å². The number of aryl methyl sites for hydroxylation is 1. The molecule has 0 saturated carbocycles. The molecule has 0 unspecified atom stereocenters. The van der Waals surface area contributed by atoms with E-state index < -0.39 is 0 Å². The van der Waals surface area contributed by atoms with Crippen LogP contribution in [0.2, 0.25) is 0 Å². The quantitative estimate of drug-likeness (QED) is 0.894. The lowest BCUT2D eigenvalue weighted by atomic mass is 10.1. The van der Waals surface area contributed by atoms with E-state index in [4.69, 9.17) is 4.74 Å². The zero-order chi connectivity index (χ0) is 18.8. The van der Waals surface area contributed by atoms with Gasteiger partial charge in [0.05, 0.1) is 25.0 Å². The molecule has 144 valence electrons. The fourth-order valence-corrected chi connectivity index (χ4v) is 4.03. The van der Waals surface area contributed by atoms with E-state index in [1.807, 2.05) is 13.0 Å². The highest BCUT2D eigenvalue weighted by atomic mass is 19.1. The summed E-state index contributed by atoms with van der Waals surface area (Å²) in [7, 11) is 1.60. The van der Waals surface area contributed by atoms with Crippen LogP contribution in [0.25, 0.3) is 0 Å². The molecule has 0 spiro atoms. The Balaban J connectivity index is 1.74. The van der Waals surface area contributed by atoms with Gasteiger partial charge in [-0.1, -0.05) is 12.1 Å². The first-order valence-electron chi connectivity index (χ1n) is 9.57. The first kappa shape index (κ1) is 18.0. The number of ether oxygens (including phenoxy) is 1. The number of fused-ring (bicyclic) bond motifs is 1. The topological polar surface area (TPSA) is 53.5 Å². The molecule has 27 heavy (non-hydrogen) atoms. The van der Waals surface area contributed by atoms with Gasteiger partial charge in [-0.2, -0.15) is 9.97 Å². The van der Waals surface area contributed by atoms with Crippen molar-refractivity contribution in [2.75, 3.05) is 49.6 Å². The number of benzene rings is 1. The molecule has 1 aromatic carbocycles. The van der Waals surface area contributed by atoms with Gasteiger partial charge in [0.25, 0.3) is 0 Å². The van der Waals surface area contributed by atoms with Crippen molar-refractivity contribution in [2.45, 2.75) is 26.3 Å². The second-order valence-corrected chi connectivity index (χ2v) is 7.13. The molecule has 1 fully saturated rings. The fraction of sp³-hybridized carbons (Fsp3) is 0.500. The van der Waals surface area contributed by atoms with E-state index in [9.17, 15) is 4.39 Å². The maximum atomic E-state index is 14.5. The van der Waals surface area contributed by atoms with Crippen molar-refractivity contribution in [3.05, 3.63) is 40.8 Å². The summed E-state index contributed by atoms with van der Waals surface area (Å²) in [5, 5.41) is 3.38. The Labute approximate surface area is 159 Å². The van der Waals surface area contributed by atoms with E-state index in [1.54, 1.807) is 13.2 Å². The first-order valence-corrected chi connectivity index (χ1v) is 9.57. The van der Waals surface area contributed by atoms with Gasteiger partial charge in [-0.15, -0.1) is 0 Å². The number of anilines is 2. The Hall–Kier alpha value is -2.41. The zero-order valence-electron chi connectivity index (χ0n) is 16.0. The van der Waals surface area contributed by atoms with Gasteiger partial charge in [0.15, 0.2) is 0 Å². The SMILES string of the molecule is COc1nc2c(c(N3CCNCC3)n1)CCCN(c1c(C)cccc1F)C2. The van der Waals surface area contributed by atoms with Crippen LogP contribution < -0.4 is 19.9 Å². The number of hydrogen-bond acceptors (Lipinski definition) is 6. The summed E-state index contributed by atoms with van der Waals surface area (Å²) in [6.07, 6.45) is 1.83. The molecule has 6 nitrogen and oxygen atoms in total. The number of halogens is 1. The third kappa shape index (κ3) is 3.56. The maximum absolute atomic E-state index is 14.5. The molecule has 0 atom stereocenters. The number of nitrogens with zero attached hydrogens (tertiary/aromatic N) is 4. The number of methoxy groups -OCH3 is 1. The Morgan fingerprint density at radius 1 is 1.11 bits per heavy atom. The lowest BCUT2D eigenvalue weighted by Gasteiger charge is -2.30. The molecule has 2 aromatic rings. The lowest BCUT2D eigenvalue weighted by molar-refractivity contribution is 0.377. The van der Waals surface area contributed by atoms with Gasteiger partial charge < -0.3 is 19.9 Å². The molecule has 1 aromatic heterocycles. The lowest BCUT2D eigenvalue weighted by Crippen LogP contribution is -2.44. The van der Waals surface area contributed by atoms with Crippen LogP contribution in [0, 0.1) is 12.7 Å². The van der Waals surface area contributed by atoms with Crippen molar-refractivity contribution < 1.29 is 9.13 Å². The number of nitrogens with one attached hydrogen (secondary N) is 1. The van der Waals surface area contributed by atoms with Gasteiger partial charge in [0, 0.05) is 38.3 Å². The van der Waals surface area contributed by atoms with E-state index in [-0.39, 0.29) is 5.82 Å². The molecular weight excluding hydrogens is 345 g/mol. The molecule has 0 amide bonds. The van der Waals surface area contributed by atoms with Crippen LogP contribution in [0.4, 0.5) is 15.9 Å². The Morgan fingerprint density at radius 3 is 2.67 bits per heavy atom. The van der Waals surface area contributed by atoms with Crippen LogP contribution in [0.1, 0.15) is 23.2 Å². The van der Waals surface area contributed by atoms with Crippen molar-refractivity contribution in [1.82, 2.24) is 15.3 Å². The Bertz CT molecular complexity index is 802. The van der Waals surface area contributed by atoms with E-state index in [1.165, 1.54) is 11.6 Å². The molecule has 7 heteroatoms. The fourth-order valence-electron chi connectivity index (χ4n) is 4.03. The number of para-hydroxylation sites is 1. The molecule has 3 heterocycles. The number of aromatic nitrogens is 2. The standard InChI is InChI=1S/C20H26FN5O/c1-14-5-3-7-16(21)18(14)26-10-4-6-15-17(13-26)23-20(27-2)24-19(15)25-11-8-22-9-12-25/h3,5,7,22H,4,6,8-13H2,1-2H3. The summed E-state index contributed by atoms with van der Waals surface area (Å²) in [6, 6.07) is 5.63. The summed E-state index contributed by atoms with van der Waals surface area (Å²) in [5.41, 5.74) is 3.73. The molecular formula is C20H26FN5O. The Kier molecular flexibility index (Phi) is 5.11. The monoisotopic (exact) mass is 371 g/mol. The van der Waals surface area contributed by atoms with Crippen LogP contribution >= 0.6 is 0 Å². The third-order valence-corrected chi connectivity index (χ3v) is 5.35. The van der Waals surface area contributed by atoms with Crippen LogP contribution in [0.3, 0.4) is 0 Å². The van der Waals surface area contributed by atoms with Crippen molar-refractivity contribution in [1.29, 1.82) is 0 Å². The molecule has 0 aliphatic carbocycles. The van der Waals surface area contributed by atoms with E-state index >= 15 is 0 Å². The van der Waals surface area contributed by atoms with Crippen LogP contribution in [0.5, 0.6) is 6.01 Å².